The Morgan fingerprint density at radius 2 is 1.83 bits per heavy atom. The van der Waals surface area contributed by atoms with Crippen LogP contribution in [0, 0.1) is 0 Å². The summed E-state index contributed by atoms with van der Waals surface area (Å²) in [6.45, 7) is 5.31. The maximum absolute atomic E-state index is 12.6. The van der Waals surface area contributed by atoms with E-state index in [1.54, 1.807) is 32.9 Å². The van der Waals surface area contributed by atoms with E-state index in [0.717, 1.165) is 12.8 Å². The highest BCUT2D eigenvalue weighted by molar-refractivity contribution is 8.00. The van der Waals surface area contributed by atoms with Gasteiger partial charge in [-0.2, -0.15) is 0 Å². The first-order chi connectivity index (χ1) is 13.8. The van der Waals surface area contributed by atoms with Crippen LogP contribution < -0.4 is 10.0 Å². The lowest BCUT2D eigenvalue weighted by Gasteiger charge is -2.14. The van der Waals surface area contributed by atoms with Crippen molar-refractivity contribution in [3.05, 3.63) is 24.3 Å². The van der Waals surface area contributed by atoms with Gasteiger partial charge in [0.25, 0.3) is 0 Å². The van der Waals surface area contributed by atoms with E-state index in [-0.39, 0.29) is 16.8 Å². The molecule has 1 aromatic carbocycles. The highest BCUT2D eigenvalue weighted by Crippen LogP contribution is 2.32. The summed E-state index contributed by atoms with van der Waals surface area (Å²) in [6.07, 6.45) is 4.45. The van der Waals surface area contributed by atoms with Gasteiger partial charge in [-0.3, -0.25) is 4.79 Å². The van der Waals surface area contributed by atoms with Gasteiger partial charge in [-0.1, -0.05) is 24.6 Å². The number of rotatable bonds is 8. The minimum absolute atomic E-state index is 0.155. The lowest BCUT2D eigenvalue weighted by atomic mass is 10.3. The maximum atomic E-state index is 12.6. The van der Waals surface area contributed by atoms with E-state index >= 15 is 0 Å². The molecule has 1 aliphatic carbocycles. The van der Waals surface area contributed by atoms with Crippen molar-refractivity contribution in [1.82, 2.24) is 24.9 Å². The van der Waals surface area contributed by atoms with Crippen molar-refractivity contribution in [2.45, 2.75) is 73.8 Å². The Morgan fingerprint density at radius 3 is 2.45 bits per heavy atom. The van der Waals surface area contributed by atoms with Crippen molar-refractivity contribution >= 4 is 33.4 Å². The summed E-state index contributed by atoms with van der Waals surface area (Å²) in [6, 6.07) is 6.20. The Kier molecular flexibility index (Phi) is 6.91. The van der Waals surface area contributed by atoms with E-state index in [9.17, 15) is 13.2 Å². The lowest BCUT2D eigenvalue weighted by molar-refractivity contribution is -0.115. The van der Waals surface area contributed by atoms with Crippen LogP contribution in [0.3, 0.4) is 0 Å². The molecule has 1 fully saturated rings. The zero-order valence-electron chi connectivity index (χ0n) is 16.7. The first-order valence-electron chi connectivity index (χ1n) is 9.64. The molecule has 2 aromatic rings. The summed E-state index contributed by atoms with van der Waals surface area (Å²) in [7, 11) is -3.56. The number of nitrogens with one attached hydrogen (secondary N) is 2. The second-order valence-electron chi connectivity index (χ2n) is 7.39. The number of sulfonamides is 1. The quantitative estimate of drug-likeness (QED) is 0.608. The maximum Gasteiger partial charge on any atom is 0.240 e. The Morgan fingerprint density at radius 1 is 1.17 bits per heavy atom. The molecule has 1 heterocycles. The Balaban J connectivity index is 1.61. The topological polar surface area (TPSA) is 119 Å². The zero-order chi connectivity index (χ0) is 21.0. The summed E-state index contributed by atoms with van der Waals surface area (Å²) >= 11 is 1.31. The van der Waals surface area contributed by atoms with Crippen molar-refractivity contribution < 1.29 is 13.2 Å². The monoisotopic (exact) mass is 438 g/mol. The molecule has 9 nitrogen and oxygen atoms in total. The van der Waals surface area contributed by atoms with Crippen molar-refractivity contribution in [1.29, 1.82) is 0 Å². The minimum Gasteiger partial charge on any atom is -0.325 e. The van der Waals surface area contributed by atoms with Crippen LogP contribution in [0.15, 0.2) is 34.3 Å². The number of benzene rings is 1. The fourth-order valence-electron chi connectivity index (χ4n) is 3.19. The van der Waals surface area contributed by atoms with Gasteiger partial charge in [0.1, 0.15) is 0 Å². The van der Waals surface area contributed by atoms with Gasteiger partial charge in [0.05, 0.1) is 16.2 Å². The molecular weight excluding hydrogens is 412 g/mol. The number of amides is 1. The number of aromatic nitrogens is 4. The number of carbonyl (C=O) groups excluding carboxylic acids is 1. The predicted molar refractivity (Wildman–Crippen MR) is 111 cm³/mol. The molecule has 1 saturated carbocycles. The van der Waals surface area contributed by atoms with Crippen molar-refractivity contribution in [2.24, 2.45) is 0 Å². The first-order valence-corrected chi connectivity index (χ1v) is 12.0. The standard InChI is InChI=1S/C18H26N6O3S2/c1-12(2)21-29(26,27)16-10-8-14(9-11-16)19-17(25)13(3)28-18-20-22-23-24(18)15-6-4-5-7-15/h8-13,15,21H,4-7H2,1-3H3,(H,19,25)/t13-/m0/s1. The fourth-order valence-corrected chi connectivity index (χ4v) is 5.30. The molecule has 0 unspecified atom stereocenters. The molecule has 1 atom stereocenters. The van der Waals surface area contributed by atoms with Crippen LogP contribution in [0.5, 0.6) is 0 Å². The van der Waals surface area contributed by atoms with Gasteiger partial charge in [0.2, 0.25) is 21.1 Å². The SMILES string of the molecule is CC(C)NS(=O)(=O)c1ccc(NC(=O)[C@H](C)Sc2nnnn2C2CCCC2)cc1. The molecule has 0 saturated heterocycles. The first kappa shape index (κ1) is 21.7. The minimum atomic E-state index is -3.56. The number of thioether (sulfide) groups is 1. The molecule has 3 rings (SSSR count). The van der Waals surface area contributed by atoms with Crippen LogP contribution in [0.4, 0.5) is 5.69 Å². The van der Waals surface area contributed by atoms with E-state index < -0.39 is 15.3 Å². The normalized spacial score (nSPS) is 16.3. The van der Waals surface area contributed by atoms with Gasteiger partial charge in [0.15, 0.2) is 0 Å². The molecule has 1 aromatic heterocycles. The highest BCUT2D eigenvalue weighted by Gasteiger charge is 2.25. The average Bonchev–Trinajstić information content (AvgIpc) is 3.32. The van der Waals surface area contributed by atoms with Crippen LogP contribution in [-0.4, -0.2) is 45.8 Å². The third-order valence-corrected chi connectivity index (χ3v) is 7.33. The zero-order valence-corrected chi connectivity index (χ0v) is 18.3. The summed E-state index contributed by atoms with van der Waals surface area (Å²) in [5.41, 5.74) is 0.529. The van der Waals surface area contributed by atoms with E-state index in [0.29, 0.717) is 16.9 Å². The van der Waals surface area contributed by atoms with Gasteiger partial charge in [-0.15, -0.1) is 5.10 Å². The molecule has 29 heavy (non-hydrogen) atoms. The number of carbonyl (C=O) groups is 1. The van der Waals surface area contributed by atoms with Gasteiger partial charge in [0, 0.05) is 11.7 Å². The summed E-state index contributed by atoms with van der Waals surface area (Å²) in [5, 5.41) is 15.0. The summed E-state index contributed by atoms with van der Waals surface area (Å²) < 4.78 is 28.7. The molecule has 0 radical (unpaired) electrons. The number of tetrazole rings is 1. The van der Waals surface area contributed by atoms with Crippen molar-refractivity contribution in [2.75, 3.05) is 5.32 Å². The van der Waals surface area contributed by atoms with E-state index in [1.807, 2.05) is 4.68 Å². The fraction of sp³-hybridized carbons (Fsp3) is 0.556. The van der Waals surface area contributed by atoms with Gasteiger partial charge >= 0.3 is 0 Å². The third-order valence-electron chi connectivity index (χ3n) is 4.61. The molecule has 2 N–H and O–H groups in total. The Bertz CT molecular complexity index is 937. The molecule has 0 bridgehead atoms. The van der Waals surface area contributed by atoms with Crippen LogP contribution in [0.2, 0.25) is 0 Å². The predicted octanol–water partition coefficient (Wildman–Crippen LogP) is 2.59. The molecular formula is C18H26N6O3S2. The number of nitrogens with zero attached hydrogens (tertiary/aromatic N) is 4. The molecule has 1 amide bonds. The smallest absolute Gasteiger partial charge is 0.240 e. The van der Waals surface area contributed by atoms with Crippen LogP contribution in [0.25, 0.3) is 0 Å². The molecule has 0 aliphatic heterocycles. The molecule has 158 valence electrons. The van der Waals surface area contributed by atoms with E-state index in [1.165, 1.54) is 36.7 Å². The van der Waals surface area contributed by atoms with Crippen LogP contribution >= 0.6 is 11.8 Å². The largest absolute Gasteiger partial charge is 0.325 e. The van der Waals surface area contributed by atoms with Gasteiger partial charge in [-0.25, -0.2) is 17.8 Å². The van der Waals surface area contributed by atoms with Gasteiger partial charge in [-0.05, 0) is 68.3 Å². The van der Waals surface area contributed by atoms with Crippen molar-refractivity contribution in [3.63, 3.8) is 0 Å². The highest BCUT2D eigenvalue weighted by atomic mass is 32.2. The Labute approximate surface area is 175 Å². The number of hydrogen-bond donors (Lipinski definition) is 2. The summed E-state index contributed by atoms with van der Waals surface area (Å²) in [5.74, 6) is -0.202. The average molecular weight is 439 g/mol. The summed E-state index contributed by atoms with van der Waals surface area (Å²) in [4.78, 5) is 12.7. The Hall–Kier alpha value is -1.98. The lowest BCUT2D eigenvalue weighted by Crippen LogP contribution is -2.30. The number of anilines is 1. The molecule has 11 heteroatoms. The second-order valence-corrected chi connectivity index (χ2v) is 10.4. The third kappa shape index (κ3) is 5.55. The van der Waals surface area contributed by atoms with Crippen LogP contribution in [-0.2, 0) is 14.8 Å². The second kappa shape index (κ2) is 9.23. The number of hydrogen-bond acceptors (Lipinski definition) is 7. The molecule has 1 aliphatic rings. The van der Waals surface area contributed by atoms with E-state index in [2.05, 4.69) is 25.6 Å². The van der Waals surface area contributed by atoms with E-state index in [4.69, 9.17) is 0 Å². The van der Waals surface area contributed by atoms with Gasteiger partial charge < -0.3 is 5.32 Å². The van der Waals surface area contributed by atoms with Crippen molar-refractivity contribution in [3.8, 4) is 0 Å². The van der Waals surface area contributed by atoms with Crippen LogP contribution in [0.1, 0.15) is 52.5 Å². The molecule has 0 spiro atoms.